The van der Waals surface area contributed by atoms with Gasteiger partial charge in [-0.15, -0.1) is 0 Å². The highest BCUT2D eigenvalue weighted by Gasteiger charge is 2.17. The number of rotatable bonds is 5. The van der Waals surface area contributed by atoms with Crippen LogP contribution in [0.15, 0.2) is 82.0 Å². The minimum atomic E-state index is -0.452. The number of nitrogens with two attached hydrogens (primary N) is 1. The van der Waals surface area contributed by atoms with E-state index in [0.717, 1.165) is 21.5 Å². The van der Waals surface area contributed by atoms with Crippen LogP contribution in [0.2, 0.25) is 0 Å². The molecule has 0 aliphatic carbocycles. The number of nitro groups is 1. The van der Waals surface area contributed by atoms with Crippen LogP contribution in [0, 0.1) is 10.1 Å². The van der Waals surface area contributed by atoms with E-state index in [0.29, 0.717) is 27.2 Å². The zero-order chi connectivity index (χ0) is 24.7. The first-order chi connectivity index (χ1) is 16.3. The standard InChI is InChI=1S/C12H9BrN2O3.C12H11BrN2O/c1-18-10-4-2-3-8(5-10)12-11(15(16)17)6-9(13)7-14-12;1-16-10-4-2-3-8(5-10)12-11(14)6-9(13)7-15-12/h2-7H,1H3;2-7H,14H2,1H3. The fourth-order valence-corrected chi connectivity index (χ4v) is 3.70. The molecular formula is C24H20Br2N4O4. The highest BCUT2D eigenvalue weighted by Crippen LogP contribution is 2.32. The number of pyridine rings is 2. The van der Waals surface area contributed by atoms with Crippen molar-refractivity contribution in [3.8, 4) is 34.0 Å². The molecule has 0 bridgehead atoms. The fourth-order valence-electron chi connectivity index (χ4n) is 3.03. The summed E-state index contributed by atoms with van der Waals surface area (Å²) in [5, 5.41) is 11.0. The van der Waals surface area contributed by atoms with Gasteiger partial charge in [-0.25, -0.2) is 4.98 Å². The van der Waals surface area contributed by atoms with Gasteiger partial charge < -0.3 is 15.2 Å². The van der Waals surface area contributed by atoms with Crippen molar-refractivity contribution in [2.75, 3.05) is 20.0 Å². The summed E-state index contributed by atoms with van der Waals surface area (Å²) in [6, 6.07) is 17.9. The van der Waals surface area contributed by atoms with Gasteiger partial charge in [0.15, 0.2) is 0 Å². The van der Waals surface area contributed by atoms with Crippen LogP contribution in [0.25, 0.3) is 22.5 Å². The molecule has 4 rings (SSSR count). The first-order valence-corrected chi connectivity index (χ1v) is 11.4. The minimum absolute atomic E-state index is 0.0439. The molecule has 34 heavy (non-hydrogen) atoms. The van der Waals surface area contributed by atoms with Crippen LogP contribution in [0.1, 0.15) is 0 Å². The van der Waals surface area contributed by atoms with Crippen LogP contribution < -0.4 is 15.2 Å². The van der Waals surface area contributed by atoms with Crippen LogP contribution in [-0.4, -0.2) is 29.1 Å². The van der Waals surface area contributed by atoms with E-state index in [1.807, 2.05) is 30.3 Å². The van der Waals surface area contributed by atoms with Crippen LogP contribution in [-0.2, 0) is 0 Å². The molecule has 0 amide bonds. The topological polar surface area (TPSA) is 113 Å². The zero-order valence-electron chi connectivity index (χ0n) is 18.2. The smallest absolute Gasteiger partial charge is 0.296 e. The molecule has 8 nitrogen and oxygen atoms in total. The molecule has 4 aromatic rings. The largest absolute Gasteiger partial charge is 0.497 e. The maximum absolute atomic E-state index is 11.0. The summed E-state index contributed by atoms with van der Waals surface area (Å²) in [6.07, 6.45) is 3.26. The number of nitrogen functional groups attached to an aromatic ring is 1. The molecule has 174 valence electrons. The van der Waals surface area contributed by atoms with Crippen molar-refractivity contribution in [1.29, 1.82) is 0 Å². The van der Waals surface area contributed by atoms with Crippen LogP contribution in [0.4, 0.5) is 11.4 Å². The molecule has 2 N–H and O–H groups in total. The van der Waals surface area contributed by atoms with Crippen LogP contribution >= 0.6 is 31.9 Å². The lowest BCUT2D eigenvalue weighted by molar-refractivity contribution is -0.384. The number of aromatic nitrogens is 2. The lowest BCUT2D eigenvalue weighted by atomic mass is 10.1. The van der Waals surface area contributed by atoms with Gasteiger partial charge in [0.1, 0.15) is 17.2 Å². The lowest BCUT2D eigenvalue weighted by Gasteiger charge is -2.06. The number of halogens is 2. The predicted octanol–water partition coefficient (Wildman–Crippen LogP) is 6.53. The second-order valence-corrected chi connectivity index (χ2v) is 8.67. The van der Waals surface area contributed by atoms with Crippen molar-refractivity contribution in [2.24, 2.45) is 0 Å². The number of nitrogens with zero attached hydrogens (tertiary/aromatic N) is 3. The van der Waals surface area contributed by atoms with E-state index in [-0.39, 0.29) is 5.69 Å². The average Bonchev–Trinajstić information content (AvgIpc) is 2.84. The molecule has 0 spiro atoms. The molecule has 0 aliphatic heterocycles. The Morgan fingerprint density at radius 1 is 0.824 bits per heavy atom. The Balaban J connectivity index is 0.000000192. The maximum Gasteiger partial charge on any atom is 0.296 e. The fraction of sp³-hybridized carbons (Fsp3) is 0.0833. The van der Waals surface area contributed by atoms with E-state index >= 15 is 0 Å². The van der Waals surface area contributed by atoms with E-state index in [9.17, 15) is 10.1 Å². The monoisotopic (exact) mass is 586 g/mol. The third-order valence-electron chi connectivity index (χ3n) is 4.60. The minimum Gasteiger partial charge on any atom is -0.497 e. The average molecular weight is 588 g/mol. The van der Waals surface area contributed by atoms with Crippen molar-refractivity contribution in [3.05, 3.63) is 92.1 Å². The van der Waals surface area contributed by atoms with Crippen LogP contribution in [0.3, 0.4) is 0 Å². The SMILES string of the molecule is COc1cccc(-c2ncc(Br)cc2N)c1.COc1cccc(-c2ncc(Br)cc2[N+](=O)[O-])c1. The van der Waals surface area contributed by atoms with Crippen molar-refractivity contribution < 1.29 is 14.4 Å². The zero-order valence-corrected chi connectivity index (χ0v) is 21.4. The Bertz CT molecular complexity index is 1320. The predicted molar refractivity (Wildman–Crippen MR) is 139 cm³/mol. The number of anilines is 1. The van der Waals surface area contributed by atoms with Crippen molar-refractivity contribution >= 4 is 43.2 Å². The van der Waals surface area contributed by atoms with Gasteiger partial charge in [-0.05, 0) is 62.2 Å². The molecule has 0 aliphatic rings. The van der Waals surface area contributed by atoms with Gasteiger partial charge in [-0.3, -0.25) is 15.1 Å². The van der Waals surface area contributed by atoms with Crippen molar-refractivity contribution in [2.45, 2.75) is 0 Å². The second-order valence-electron chi connectivity index (χ2n) is 6.83. The molecular weight excluding hydrogens is 568 g/mol. The molecule has 0 atom stereocenters. The van der Waals surface area contributed by atoms with Crippen LogP contribution in [0.5, 0.6) is 11.5 Å². The number of hydrogen-bond donors (Lipinski definition) is 1. The summed E-state index contributed by atoms with van der Waals surface area (Å²) in [7, 11) is 3.18. The number of ether oxygens (including phenoxy) is 2. The first-order valence-electron chi connectivity index (χ1n) is 9.82. The summed E-state index contributed by atoms with van der Waals surface area (Å²) >= 11 is 6.50. The summed E-state index contributed by atoms with van der Waals surface area (Å²) in [4.78, 5) is 19.0. The Labute approximate surface area is 213 Å². The second kappa shape index (κ2) is 11.6. The summed E-state index contributed by atoms with van der Waals surface area (Å²) in [6.45, 7) is 0. The number of hydrogen-bond acceptors (Lipinski definition) is 7. The van der Waals surface area contributed by atoms with E-state index in [4.69, 9.17) is 15.2 Å². The lowest BCUT2D eigenvalue weighted by Crippen LogP contribution is -1.95. The Hall–Kier alpha value is -3.50. The van der Waals surface area contributed by atoms with Gasteiger partial charge in [-0.2, -0.15) is 0 Å². The summed E-state index contributed by atoms with van der Waals surface area (Å²) in [5.74, 6) is 1.42. The van der Waals surface area contributed by atoms with Crippen molar-refractivity contribution in [1.82, 2.24) is 9.97 Å². The third-order valence-corrected chi connectivity index (χ3v) is 5.47. The van der Waals surface area contributed by atoms with E-state index < -0.39 is 4.92 Å². The third kappa shape index (κ3) is 6.30. The molecule has 0 saturated heterocycles. The van der Waals surface area contributed by atoms with Gasteiger partial charge in [0.25, 0.3) is 5.69 Å². The summed E-state index contributed by atoms with van der Waals surface area (Å²) in [5.41, 5.74) is 9.19. The molecule has 0 fully saturated rings. The molecule has 0 radical (unpaired) electrons. The van der Waals surface area contributed by atoms with E-state index in [1.165, 1.54) is 12.3 Å². The number of benzene rings is 2. The molecule has 10 heteroatoms. The van der Waals surface area contributed by atoms with Gasteiger partial charge in [0.05, 0.1) is 30.5 Å². The number of methoxy groups -OCH3 is 2. The normalized spacial score (nSPS) is 10.1. The van der Waals surface area contributed by atoms with Gasteiger partial charge >= 0.3 is 0 Å². The highest BCUT2D eigenvalue weighted by molar-refractivity contribution is 9.10. The van der Waals surface area contributed by atoms with Gasteiger partial charge in [0.2, 0.25) is 0 Å². The molecule has 2 aromatic heterocycles. The Kier molecular flexibility index (Phi) is 8.55. The molecule has 0 saturated carbocycles. The summed E-state index contributed by atoms with van der Waals surface area (Å²) < 4.78 is 11.7. The molecule has 0 unspecified atom stereocenters. The van der Waals surface area contributed by atoms with E-state index in [1.54, 1.807) is 44.7 Å². The maximum atomic E-state index is 11.0. The quantitative estimate of drug-likeness (QED) is 0.208. The molecule has 2 heterocycles. The van der Waals surface area contributed by atoms with Crippen molar-refractivity contribution in [3.63, 3.8) is 0 Å². The first kappa shape index (κ1) is 25.1. The van der Waals surface area contributed by atoms with Gasteiger partial charge in [0, 0.05) is 38.5 Å². The van der Waals surface area contributed by atoms with E-state index in [2.05, 4.69) is 41.8 Å². The molecule has 2 aromatic carbocycles. The Morgan fingerprint density at radius 3 is 1.82 bits per heavy atom. The van der Waals surface area contributed by atoms with Gasteiger partial charge in [-0.1, -0.05) is 24.3 Å². The highest BCUT2D eigenvalue weighted by atomic mass is 79.9. The Morgan fingerprint density at radius 2 is 1.32 bits per heavy atom.